The molecule has 1 heterocycles. The minimum atomic E-state index is -4.35. The largest absolute Gasteiger partial charge is 0.508 e. The molecule has 158 valence electrons. The van der Waals surface area contributed by atoms with Crippen molar-refractivity contribution in [3.8, 4) is 5.75 Å². The molecule has 0 amide bonds. The van der Waals surface area contributed by atoms with Crippen molar-refractivity contribution in [2.24, 2.45) is 0 Å². The van der Waals surface area contributed by atoms with Gasteiger partial charge < -0.3 is 10.0 Å². The zero-order valence-electron chi connectivity index (χ0n) is 16.9. The van der Waals surface area contributed by atoms with E-state index < -0.39 is 11.7 Å². The Hall–Kier alpha value is -3.09. The van der Waals surface area contributed by atoms with Crippen molar-refractivity contribution in [1.82, 2.24) is 9.97 Å². The molecule has 0 saturated heterocycles. The summed E-state index contributed by atoms with van der Waals surface area (Å²) in [5, 5.41) is 9.71. The van der Waals surface area contributed by atoms with Gasteiger partial charge in [-0.3, -0.25) is 0 Å². The molecule has 0 fully saturated rings. The predicted octanol–water partition coefficient (Wildman–Crippen LogP) is 5.32. The first-order chi connectivity index (χ1) is 14.3. The fourth-order valence-electron chi connectivity index (χ4n) is 3.10. The Kier molecular flexibility index (Phi) is 6.59. The molecule has 2 aromatic carbocycles. The van der Waals surface area contributed by atoms with E-state index in [1.165, 1.54) is 12.1 Å². The zero-order chi connectivity index (χ0) is 21.7. The molecule has 1 aromatic heterocycles. The number of anilines is 1. The normalized spacial score (nSPS) is 11.5. The quantitative estimate of drug-likeness (QED) is 0.567. The lowest BCUT2D eigenvalue weighted by Crippen LogP contribution is -2.27. The van der Waals surface area contributed by atoms with Crippen LogP contribution in [0.15, 0.2) is 54.9 Å². The summed E-state index contributed by atoms with van der Waals surface area (Å²) in [6.07, 6.45) is 0.695. The van der Waals surface area contributed by atoms with E-state index in [2.05, 4.69) is 9.97 Å². The lowest BCUT2D eigenvalue weighted by Gasteiger charge is -2.23. The number of nitrogens with zero attached hydrogens (tertiary/aromatic N) is 3. The molecular weight excluding hydrogens is 391 g/mol. The average Bonchev–Trinajstić information content (AvgIpc) is 2.73. The maximum absolute atomic E-state index is 12.8. The van der Waals surface area contributed by atoms with Crippen LogP contribution in [0.4, 0.5) is 19.1 Å². The second-order valence-electron chi connectivity index (χ2n) is 7.23. The molecule has 3 aromatic rings. The van der Waals surface area contributed by atoms with E-state index in [4.69, 9.17) is 0 Å². The van der Waals surface area contributed by atoms with Crippen LogP contribution in [0, 0.1) is 6.92 Å². The van der Waals surface area contributed by atoms with E-state index in [0.29, 0.717) is 25.5 Å². The van der Waals surface area contributed by atoms with E-state index in [1.807, 2.05) is 30.9 Å². The number of halogens is 3. The van der Waals surface area contributed by atoms with Crippen molar-refractivity contribution >= 4 is 5.95 Å². The van der Waals surface area contributed by atoms with Gasteiger partial charge in [0.25, 0.3) is 0 Å². The Morgan fingerprint density at radius 2 is 1.57 bits per heavy atom. The maximum Gasteiger partial charge on any atom is 0.416 e. The van der Waals surface area contributed by atoms with Crippen molar-refractivity contribution in [3.05, 3.63) is 82.7 Å². The molecule has 0 aliphatic rings. The number of phenolic OH excluding ortho intramolecular Hbond substituents is 1. The van der Waals surface area contributed by atoms with Gasteiger partial charge in [0, 0.05) is 25.5 Å². The summed E-state index contributed by atoms with van der Waals surface area (Å²) in [7, 11) is 0. The Morgan fingerprint density at radius 1 is 0.933 bits per heavy atom. The van der Waals surface area contributed by atoms with Gasteiger partial charge in [0.05, 0.1) is 5.56 Å². The molecule has 0 aliphatic heterocycles. The number of hydrogen-bond acceptors (Lipinski definition) is 4. The summed E-state index contributed by atoms with van der Waals surface area (Å²) < 4.78 is 38.5. The van der Waals surface area contributed by atoms with Crippen LogP contribution in [0.5, 0.6) is 5.75 Å². The minimum Gasteiger partial charge on any atom is -0.508 e. The summed E-state index contributed by atoms with van der Waals surface area (Å²) in [6.45, 7) is 4.83. The molecule has 0 atom stereocenters. The highest BCUT2D eigenvalue weighted by atomic mass is 19.4. The van der Waals surface area contributed by atoms with Gasteiger partial charge in [-0.15, -0.1) is 0 Å². The highest BCUT2D eigenvalue weighted by Crippen LogP contribution is 2.29. The third-order valence-electron chi connectivity index (χ3n) is 4.97. The van der Waals surface area contributed by atoms with Crippen molar-refractivity contribution in [1.29, 1.82) is 0 Å². The van der Waals surface area contributed by atoms with Gasteiger partial charge in [-0.2, -0.15) is 13.2 Å². The third kappa shape index (κ3) is 5.49. The third-order valence-corrected chi connectivity index (χ3v) is 4.97. The van der Waals surface area contributed by atoms with Crippen molar-refractivity contribution < 1.29 is 18.3 Å². The molecule has 0 spiro atoms. The van der Waals surface area contributed by atoms with Gasteiger partial charge in [-0.1, -0.05) is 31.2 Å². The van der Waals surface area contributed by atoms with Crippen LogP contribution in [0.3, 0.4) is 0 Å². The van der Waals surface area contributed by atoms with E-state index in [9.17, 15) is 18.3 Å². The summed E-state index contributed by atoms with van der Waals surface area (Å²) in [5.41, 5.74) is 2.94. The highest BCUT2D eigenvalue weighted by molar-refractivity contribution is 5.37. The average molecular weight is 415 g/mol. The predicted molar refractivity (Wildman–Crippen MR) is 110 cm³/mol. The number of aromatic hydroxyl groups is 1. The molecule has 0 aliphatic carbocycles. The smallest absolute Gasteiger partial charge is 0.416 e. The van der Waals surface area contributed by atoms with Gasteiger partial charge in [0.15, 0.2) is 0 Å². The van der Waals surface area contributed by atoms with Gasteiger partial charge >= 0.3 is 6.18 Å². The SMILES string of the molecule is CCc1cnc(N(CCc2ccc(O)c(C)c2)Cc2ccc(C(F)(F)F)cc2)nc1. The topological polar surface area (TPSA) is 49.2 Å². The number of rotatable bonds is 7. The van der Waals surface area contributed by atoms with Crippen LogP contribution in [-0.4, -0.2) is 21.6 Å². The lowest BCUT2D eigenvalue weighted by molar-refractivity contribution is -0.137. The Balaban J connectivity index is 1.80. The summed E-state index contributed by atoms with van der Waals surface area (Å²) in [4.78, 5) is 10.8. The van der Waals surface area contributed by atoms with Gasteiger partial charge in [0.1, 0.15) is 5.75 Å². The zero-order valence-corrected chi connectivity index (χ0v) is 16.9. The fourth-order valence-corrected chi connectivity index (χ4v) is 3.10. The number of phenols is 1. The van der Waals surface area contributed by atoms with Gasteiger partial charge in [-0.05, 0) is 60.2 Å². The molecule has 1 N–H and O–H groups in total. The van der Waals surface area contributed by atoms with E-state index in [-0.39, 0.29) is 5.75 Å². The summed E-state index contributed by atoms with van der Waals surface area (Å²) in [5.74, 6) is 0.779. The first-order valence-electron chi connectivity index (χ1n) is 9.76. The number of alkyl halides is 3. The van der Waals surface area contributed by atoms with Gasteiger partial charge in [-0.25, -0.2) is 9.97 Å². The minimum absolute atomic E-state index is 0.249. The summed E-state index contributed by atoms with van der Waals surface area (Å²) >= 11 is 0. The van der Waals surface area contributed by atoms with Crippen molar-refractivity contribution in [3.63, 3.8) is 0 Å². The molecule has 0 saturated carbocycles. The molecule has 0 bridgehead atoms. The Bertz CT molecular complexity index is 970. The molecule has 7 heteroatoms. The second kappa shape index (κ2) is 9.15. The van der Waals surface area contributed by atoms with Crippen LogP contribution in [0.1, 0.15) is 34.7 Å². The van der Waals surface area contributed by atoms with Crippen LogP contribution < -0.4 is 4.90 Å². The molecular formula is C23H24F3N3O. The molecule has 30 heavy (non-hydrogen) atoms. The number of benzene rings is 2. The fraction of sp³-hybridized carbons (Fsp3) is 0.304. The first-order valence-corrected chi connectivity index (χ1v) is 9.76. The molecule has 4 nitrogen and oxygen atoms in total. The van der Waals surface area contributed by atoms with Crippen LogP contribution in [-0.2, 0) is 25.6 Å². The van der Waals surface area contributed by atoms with E-state index >= 15 is 0 Å². The molecule has 0 radical (unpaired) electrons. The van der Waals surface area contributed by atoms with Crippen molar-refractivity contribution in [2.45, 2.75) is 39.4 Å². The number of aryl methyl sites for hydroxylation is 2. The Labute approximate surface area is 174 Å². The molecule has 3 rings (SSSR count). The maximum atomic E-state index is 12.8. The monoisotopic (exact) mass is 415 g/mol. The standard InChI is InChI=1S/C23H24F3N3O/c1-3-17-13-27-22(28-14-17)29(11-10-18-6-9-21(30)16(2)12-18)15-19-4-7-20(8-5-19)23(24,25)26/h4-9,12-14,30H,3,10-11,15H2,1-2H3. The Morgan fingerprint density at radius 3 is 2.13 bits per heavy atom. The van der Waals surface area contributed by atoms with E-state index in [0.717, 1.165) is 40.8 Å². The number of aromatic nitrogens is 2. The van der Waals surface area contributed by atoms with Crippen LogP contribution in [0.2, 0.25) is 0 Å². The van der Waals surface area contributed by atoms with Crippen molar-refractivity contribution in [2.75, 3.05) is 11.4 Å². The van der Waals surface area contributed by atoms with E-state index in [1.54, 1.807) is 18.5 Å². The summed E-state index contributed by atoms with van der Waals surface area (Å²) in [6, 6.07) is 10.6. The molecule has 0 unspecified atom stereocenters. The van der Waals surface area contributed by atoms with Crippen LogP contribution in [0.25, 0.3) is 0 Å². The van der Waals surface area contributed by atoms with Crippen LogP contribution >= 0.6 is 0 Å². The lowest BCUT2D eigenvalue weighted by atomic mass is 10.1. The second-order valence-corrected chi connectivity index (χ2v) is 7.23. The highest BCUT2D eigenvalue weighted by Gasteiger charge is 2.30. The number of hydrogen-bond donors (Lipinski definition) is 1. The first kappa shape index (κ1) is 21.6. The van der Waals surface area contributed by atoms with Gasteiger partial charge in [0.2, 0.25) is 5.95 Å².